The normalized spacial score (nSPS) is 19.9. The molecule has 1 fully saturated rings. The van der Waals surface area contributed by atoms with E-state index in [1.54, 1.807) is 12.1 Å². The van der Waals surface area contributed by atoms with E-state index >= 15 is 0 Å². The highest BCUT2D eigenvalue weighted by Crippen LogP contribution is 2.30. The van der Waals surface area contributed by atoms with Crippen molar-refractivity contribution >= 4 is 21.6 Å². The van der Waals surface area contributed by atoms with E-state index in [1.165, 1.54) is 6.07 Å². The second-order valence-corrected chi connectivity index (χ2v) is 4.64. The molecular formula is C11H12BrNO4. The fourth-order valence-electron chi connectivity index (χ4n) is 1.66. The molecule has 1 aromatic rings. The standard InChI is InChI=1S/C11H12BrNO4/c12-9-5-4-8(7-10(9)13(14)15)17-11-3-1-2-6-16-11/h4-5,7,11H,1-3,6H2. The summed E-state index contributed by atoms with van der Waals surface area (Å²) in [7, 11) is 0. The lowest BCUT2D eigenvalue weighted by Crippen LogP contribution is -2.24. The summed E-state index contributed by atoms with van der Waals surface area (Å²) in [5, 5.41) is 10.8. The third-order valence-electron chi connectivity index (χ3n) is 2.52. The smallest absolute Gasteiger partial charge is 0.287 e. The lowest BCUT2D eigenvalue weighted by atomic mass is 10.2. The first-order chi connectivity index (χ1) is 8.16. The van der Waals surface area contributed by atoms with Gasteiger partial charge in [0.25, 0.3) is 5.69 Å². The van der Waals surface area contributed by atoms with Gasteiger partial charge in [-0.2, -0.15) is 0 Å². The van der Waals surface area contributed by atoms with Crippen molar-refractivity contribution in [3.63, 3.8) is 0 Å². The van der Waals surface area contributed by atoms with Crippen LogP contribution >= 0.6 is 15.9 Å². The molecule has 0 saturated carbocycles. The van der Waals surface area contributed by atoms with Gasteiger partial charge in [-0.15, -0.1) is 0 Å². The van der Waals surface area contributed by atoms with Crippen molar-refractivity contribution in [1.29, 1.82) is 0 Å². The van der Waals surface area contributed by atoms with Crippen molar-refractivity contribution in [2.45, 2.75) is 25.6 Å². The van der Waals surface area contributed by atoms with Gasteiger partial charge in [0.1, 0.15) is 5.75 Å². The number of hydrogen-bond donors (Lipinski definition) is 0. The van der Waals surface area contributed by atoms with Crippen LogP contribution in [0.25, 0.3) is 0 Å². The van der Waals surface area contributed by atoms with Crippen molar-refractivity contribution in [2.75, 3.05) is 6.61 Å². The SMILES string of the molecule is O=[N+]([O-])c1cc(OC2CCCCO2)ccc1Br. The largest absolute Gasteiger partial charge is 0.465 e. The molecule has 0 N–H and O–H groups in total. The van der Waals surface area contributed by atoms with Crippen LogP contribution in [0, 0.1) is 10.1 Å². The highest BCUT2D eigenvalue weighted by atomic mass is 79.9. The maximum Gasteiger partial charge on any atom is 0.287 e. The van der Waals surface area contributed by atoms with Gasteiger partial charge in [-0.25, -0.2) is 0 Å². The van der Waals surface area contributed by atoms with Gasteiger partial charge in [-0.05, 0) is 40.9 Å². The summed E-state index contributed by atoms with van der Waals surface area (Å²) in [6.45, 7) is 0.684. The van der Waals surface area contributed by atoms with Crippen LogP contribution in [0.1, 0.15) is 19.3 Å². The molecule has 0 bridgehead atoms. The van der Waals surface area contributed by atoms with E-state index in [4.69, 9.17) is 9.47 Å². The van der Waals surface area contributed by atoms with Crippen LogP contribution in [0.15, 0.2) is 22.7 Å². The van der Waals surface area contributed by atoms with Gasteiger partial charge in [0, 0.05) is 6.42 Å². The third kappa shape index (κ3) is 3.17. The van der Waals surface area contributed by atoms with Crippen molar-refractivity contribution in [3.05, 3.63) is 32.8 Å². The van der Waals surface area contributed by atoms with E-state index in [0.29, 0.717) is 16.8 Å². The number of ether oxygens (including phenoxy) is 2. The first kappa shape index (κ1) is 12.3. The minimum atomic E-state index is -0.446. The Morgan fingerprint density at radius 1 is 1.47 bits per heavy atom. The summed E-state index contributed by atoms with van der Waals surface area (Å²) >= 11 is 3.13. The summed E-state index contributed by atoms with van der Waals surface area (Å²) in [5.41, 5.74) is -0.00157. The van der Waals surface area contributed by atoms with Gasteiger partial charge in [0.2, 0.25) is 0 Å². The molecule has 1 saturated heterocycles. The predicted octanol–water partition coefficient (Wildman–Crippen LogP) is 3.26. The molecule has 0 radical (unpaired) electrons. The molecule has 1 unspecified atom stereocenters. The number of hydrogen-bond acceptors (Lipinski definition) is 4. The molecule has 0 spiro atoms. The maximum atomic E-state index is 10.8. The molecular weight excluding hydrogens is 290 g/mol. The molecule has 17 heavy (non-hydrogen) atoms. The Labute approximate surface area is 107 Å². The van der Waals surface area contributed by atoms with Gasteiger partial charge in [0.05, 0.1) is 22.1 Å². The molecule has 5 nitrogen and oxygen atoms in total. The first-order valence-electron chi connectivity index (χ1n) is 5.39. The van der Waals surface area contributed by atoms with E-state index in [1.807, 2.05) is 0 Å². The number of rotatable bonds is 3. The average Bonchev–Trinajstić information content (AvgIpc) is 2.32. The maximum absolute atomic E-state index is 10.8. The number of nitro benzene ring substituents is 1. The van der Waals surface area contributed by atoms with Crippen LogP contribution < -0.4 is 4.74 Å². The summed E-state index contributed by atoms with van der Waals surface area (Å²) in [6, 6.07) is 4.70. The van der Waals surface area contributed by atoms with Gasteiger partial charge in [-0.3, -0.25) is 10.1 Å². The highest BCUT2D eigenvalue weighted by Gasteiger charge is 2.18. The van der Waals surface area contributed by atoms with Gasteiger partial charge >= 0.3 is 0 Å². The molecule has 1 aromatic carbocycles. The third-order valence-corrected chi connectivity index (χ3v) is 3.19. The van der Waals surface area contributed by atoms with Crippen molar-refractivity contribution in [1.82, 2.24) is 0 Å². The zero-order valence-corrected chi connectivity index (χ0v) is 10.7. The van der Waals surface area contributed by atoms with Crippen molar-refractivity contribution in [3.8, 4) is 5.75 Å². The summed E-state index contributed by atoms with van der Waals surface area (Å²) in [5.74, 6) is 0.465. The minimum absolute atomic E-state index is 0.00157. The lowest BCUT2D eigenvalue weighted by molar-refractivity contribution is -0.385. The number of nitrogens with zero attached hydrogens (tertiary/aromatic N) is 1. The molecule has 1 aliphatic heterocycles. The molecule has 1 heterocycles. The Morgan fingerprint density at radius 3 is 2.94 bits per heavy atom. The van der Waals surface area contributed by atoms with Crippen LogP contribution in [0.4, 0.5) is 5.69 Å². The Bertz CT molecular complexity index is 418. The van der Waals surface area contributed by atoms with Gasteiger partial charge in [0.15, 0.2) is 6.29 Å². The summed E-state index contributed by atoms with van der Waals surface area (Å²) < 4.78 is 11.4. The summed E-state index contributed by atoms with van der Waals surface area (Å²) in [6.07, 6.45) is 2.64. The van der Waals surface area contributed by atoms with Gasteiger partial charge in [-0.1, -0.05) is 0 Å². The second-order valence-electron chi connectivity index (χ2n) is 3.78. The van der Waals surface area contributed by atoms with Crippen LogP contribution in [0.5, 0.6) is 5.75 Å². The first-order valence-corrected chi connectivity index (χ1v) is 6.18. The predicted molar refractivity (Wildman–Crippen MR) is 65.0 cm³/mol. The van der Waals surface area contributed by atoms with Crippen molar-refractivity contribution < 1.29 is 14.4 Å². The quantitative estimate of drug-likeness (QED) is 0.635. The number of halogens is 1. The average molecular weight is 302 g/mol. The number of benzene rings is 1. The zero-order chi connectivity index (χ0) is 12.3. The molecule has 92 valence electrons. The Hall–Kier alpha value is -1.14. The molecule has 0 amide bonds. The fourth-order valence-corrected chi connectivity index (χ4v) is 2.05. The van der Waals surface area contributed by atoms with E-state index in [0.717, 1.165) is 19.3 Å². The van der Waals surface area contributed by atoms with E-state index in [2.05, 4.69) is 15.9 Å². The molecule has 2 rings (SSSR count). The fraction of sp³-hybridized carbons (Fsp3) is 0.455. The lowest BCUT2D eigenvalue weighted by Gasteiger charge is -2.23. The van der Waals surface area contributed by atoms with Gasteiger partial charge < -0.3 is 9.47 Å². The topological polar surface area (TPSA) is 61.6 Å². The molecule has 0 aromatic heterocycles. The number of nitro groups is 1. The molecule has 1 aliphatic rings. The Kier molecular flexibility index (Phi) is 3.96. The molecule has 1 atom stereocenters. The van der Waals surface area contributed by atoms with Crippen LogP contribution in [0.3, 0.4) is 0 Å². The van der Waals surface area contributed by atoms with E-state index in [-0.39, 0.29) is 12.0 Å². The zero-order valence-electron chi connectivity index (χ0n) is 9.10. The van der Waals surface area contributed by atoms with E-state index < -0.39 is 4.92 Å². The van der Waals surface area contributed by atoms with E-state index in [9.17, 15) is 10.1 Å². The Morgan fingerprint density at radius 2 is 2.29 bits per heavy atom. The van der Waals surface area contributed by atoms with Crippen LogP contribution in [-0.2, 0) is 4.74 Å². The molecule has 6 heteroatoms. The minimum Gasteiger partial charge on any atom is -0.465 e. The van der Waals surface area contributed by atoms with Crippen LogP contribution in [0.2, 0.25) is 0 Å². The second kappa shape index (κ2) is 5.46. The van der Waals surface area contributed by atoms with Crippen LogP contribution in [-0.4, -0.2) is 17.8 Å². The van der Waals surface area contributed by atoms with Crippen molar-refractivity contribution in [2.24, 2.45) is 0 Å². The Balaban J connectivity index is 2.10. The summed E-state index contributed by atoms with van der Waals surface area (Å²) in [4.78, 5) is 10.3. The highest BCUT2D eigenvalue weighted by molar-refractivity contribution is 9.10. The molecule has 0 aliphatic carbocycles. The monoisotopic (exact) mass is 301 g/mol.